The fourth-order valence-electron chi connectivity index (χ4n) is 1.26. The van der Waals surface area contributed by atoms with Gasteiger partial charge in [-0.15, -0.1) is 0 Å². The van der Waals surface area contributed by atoms with Gasteiger partial charge in [-0.3, -0.25) is 0 Å². The molecule has 0 radical (unpaired) electrons. The first-order valence-corrected chi connectivity index (χ1v) is 4.93. The summed E-state index contributed by atoms with van der Waals surface area (Å²) < 4.78 is 2.95. The molecule has 0 fully saturated rings. The molecule has 0 spiro atoms. The summed E-state index contributed by atoms with van der Waals surface area (Å²) in [4.78, 5) is 0. The van der Waals surface area contributed by atoms with E-state index in [1.54, 1.807) is 6.07 Å². The lowest BCUT2D eigenvalue weighted by molar-refractivity contribution is 1.08. The maximum absolute atomic E-state index is 8.68. The van der Waals surface area contributed by atoms with Gasteiger partial charge in [0.1, 0.15) is 6.07 Å². The highest BCUT2D eigenvalue weighted by Gasteiger charge is 1.98. The molecule has 3 heteroatoms. The molecule has 14 heavy (non-hydrogen) atoms. The zero-order valence-electron chi connectivity index (χ0n) is 7.31. The molecule has 1 heterocycles. The molecule has 2 rings (SSSR count). The highest BCUT2D eigenvalue weighted by molar-refractivity contribution is 9.10. The van der Waals surface area contributed by atoms with Crippen LogP contribution in [0.2, 0.25) is 0 Å². The van der Waals surface area contributed by atoms with Crippen molar-refractivity contribution < 1.29 is 0 Å². The van der Waals surface area contributed by atoms with Crippen molar-refractivity contribution in [2.45, 2.75) is 0 Å². The molecule has 0 N–H and O–H groups in total. The lowest BCUT2D eigenvalue weighted by atomic mass is 10.3. The van der Waals surface area contributed by atoms with Gasteiger partial charge in [-0.2, -0.15) is 5.26 Å². The maximum atomic E-state index is 8.68. The molecule has 0 aliphatic heterocycles. The first kappa shape index (κ1) is 9.04. The molecule has 0 saturated carbocycles. The highest BCUT2D eigenvalue weighted by atomic mass is 79.9. The number of hydrogen-bond acceptors (Lipinski definition) is 1. The van der Waals surface area contributed by atoms with Crippen LogP contribution in [0.25, 0.3) is 5.69 Å². The first-order chi connectivity index (χ1) is 6.79. The quantitative estimate of drug-likeness (QED) is 0.761. The highest BCUT2D eigenvalue weighted by Crippen LogP contribution is 2.16. The van der Waals surface area contributed by atoms with Crippen LogP contribution in [0.1, 0.15) is 5.56 Å². The summed E-state index contributed by atoms with van der Waals surface area (Å²) in [5, 5.41) is 8.68. The molecule has 1 aromatic heterocycles. The third-order valence-corrected chi connectivity index (χ3v) is 2.42. The average molecular weight is 247 g/mol. The second kappa shape index (κ2) is 3.69. The molecule has 0 amide bonds. The molecule has 1 aromatic carbocycles. The SMILES string of the molecule is N#Cc1ccn(-c2cccc(Br)c2)c1. The lowest BCUT2D eigenvalue weighted by Crippen LogP contribution is -1.88. The van der Waals surface area contributed by atoms with Gasteiger partial charge in [-0.05, 0) is 24.3 Å². The summed E-state index contributed by atoms with van der Waals surface area (Å²) in [5.41, 5.74) is 1.71. The average Bonchev–Trinajstić information content (AvgIpc) is 2.66. The maximum Gasteiger partial charge on any atom is 0.101 e. The van der Waals surface area contributed by atoms with Gasteiger partial charge in [0, 0.05) is 22.6 Å². The van der Waals surface area contributed by atoms with Crippen LogP contribution in [0.3, 0.4) is 0 Å². The van der Waals surface area contributed by atoms with Crippen LogP contribution in [0.4, 0.5) is 0 Å². The minimum atomic E-state index is 0.671. The molecule has 0 bridgehead atoms. The number of halogens is 1. The van der Waals surface area contributed by atoms with Crippen LogP contribution in [0, 0.1) is 11.3 Å². The minimum absolute atomic E-state index is 0.671. The van der Waals surface area contributed by atoms with Gasteiger partial charge in [0.2, 0.25) is 0 Å². The molecule has 2 aromatic rings. The van der Waals surface area contributed by atoms with Gasteiger partial charge in [0.15, 0.2) is 0 Å². The number of rotatable bonds is 1. The van der Waals surface area contributed by atoms with E-state index in [-0.39, 0.29) is 0 Å². The standard InChI is InChI=1S/C11H7BrN2/c12-10-2-1-3-11(6-10)14-5-4-9(7-13)8-14/h1-6,8H. The van der Waals surface area contributed by atoms with E-state index in [1.165, 1.54) is 0 Å². The van der Waals surface area contributed by atoms with E-state index in [0.29, 0.717) is 5.56 Å². The van der Waals surface area contributed by atoms with E-state index in [0.717, 1.165) is 10.2 Å². The number of aromatic nitrogens is 1. The third-order valence-electron chi connectivity index (χ3n) is 1.93. The summed E-state index contributed by atoms with van der Waals surface area (Å²) >= 11 is 3.40. The Labute approximate surface area is 90.5 Å². The largest absolute Gasteiger partial charge is 0.322 e. The van der Waals surface area contributed by atoms with Crippen LogP contribution < -0.4 is 0 Å². The molecule has 0 atom stereocenters. The van der Waals surface area contributed by atoms with Crippen molar-refractivity contribution in [1.29, 1.82) is 5.26 Å². The predicted octanol–water partition coefficient (Wildman–Crippen LogP) is 3.11. The van der Waals surface area contributed by atoms with Crippen LogP contribution >= 0.6 is 15.9 Å². The van der Waals surface area contributed by atoms with Crippen molar-refractivity contribution >= 4 is 15.9 Å². The van der Waals surface area contributed by atoms with Crippen LogP contribution in [-0.4, -0.2) is 4.57 Å². The van der Waals surface area contributed by atoms with Gasteiger partial charge >= 0.3 is 0 Å². The summed E-state index contributed by atoms with van der Waals surface area (Å²) in [6.07, 6.45) is 3.68. The van der Waals surface area contributed by atoms with Crippen LogP contribution in [0.5, 0.6) is 0 Å². The van der Waals surface area contributed by atoms with Crippen molar-refractivity contribution in [3.8, 4) is 11.8 Å². The van der Waals surface area contributed by atoms with Gasteiger partial charge < -0.3 is 4.57 Å². The smallest absolute Gasteiger partial charge is 0.101 e. The Hall–Kier alpha value is -1.53. The van der Waals surface area contributed by atoms with E-state index in [1.807, 2.05) is 41.2 Å². The van der Waals surface area contributed by atoms with Crippen molar-refractivity contribution in [1.82, 2.24) is 4.57 Å². The van der Waals surface area contributed by atoms with E-state index >= 15 is 0 Å². The van der Waals surface area contributed by atoms with Gasteiger partial charge in [-0.25, -0.2) is 0 Å². The zero-order valence-corrected chi connectivity index (χ0v) is 8.90. The Bertz CT molecular complexity index is 494. The Balaban J connectivity index is 2.45. The second-order valence-corrected chi connectivity index (χ2v) is 3.81. The van der Waals surface area contributed by atoms with Crippen molar-refractivity contribution in [3.05, 3.63) is 52.8 Å². The van der Waals surface area contributed by atoms with Gasteiger partial charge in [0.05, 0.1) is 5.56 Å². The summed E-state index contributed by atoms with van der Waals surface area (Å²) in [5.74, 6) is 0. The molecule has 0 saturated heterocycles. The second-order valence-electron chi connectivity index (χ2n) is 2.90. The molecular weight excluding hydrogens is 240 g/mol. The Morgan fingerprint density at radius 1 is 1.29 bits per heavy atom. The predicted molar refractivity (Wildman–Crippen MR) is 58.2 cm³/mol. The zero-order chi connectivity index (χ0) is 9.97. The van der Waals surface area contributed by atoms with E-state index in [2.05, 4.69) is 22.0 Å². The number of nitriles is 1. The molecule has 0 unspecified atom stereocenters. The Kier molecular flexibility index (Phi) is 2.38. The topological polar surface area (TPSA) is 28.7 Å². The van der Waals surface area contributed by atoms with Crippen LogP contribution in [0.15, 0.2) is 47.2 Å². The van der Waals surface area contributed by atoms with Gasteiger partial charge in [0.25, 0.3) is 0 Å². The first-order valence-electron chi connectivity index (χ1n) is 4.13. The molecule has 68 valence electrons. The Morgan fingerprint density at radius 3 is 2.79 bits per heavy atom. The third kappa shape index (κ3) is 1.70. The normalized spacial score (nSPS) is 9.71. The Morgan fingerprint density at radius 2 is 2.14 bits per heavy atom. The molecular formula is C11H7BrN2. The van der Waals surface area contributed by atoms with Crippen molar-refractivity contribution in [3.63, 3.8) is 0 Å². The van der Waals surface area contributed by atoms with Crippen molar-refractivity contribution in [2.24, 2.45) is 0 Å². The summed E-state index contributed by atoms with van der Waals surface area (Å²) in [6, 6.07) is 11.8. The van der Waals surface area contributed by atoms with E-state index in [9.17, 15) is 0 Å². The molecule has 2 nitrogen and oxygen atoms in total. The van der Waals surface area contributed by atoms with E-state index in [4.69, 9.17) is 5.26 Å². The lowest BCUT2D eigenvalue weighted by Gasteiger charge is -2.01. The summed E-state index contributed by atoms with van der Waals surface area (Å²) in [6.45, 7) is 0. The van der Waals surface area contributed by atoms with Crippen molar-refractivity contribution in [2.75, 3.05) is 0 Å². The summed E-state index contributed by atoms with van der Waals surface area (Å²) in [7, 11) is 0. The number of nitrogens with zero attached hydrogens (tertiary/aromatic N) is 2. The van der Waals surface area contributed by atoms with Crippen LogP contribution in [-0.2, 0) is 0 Å². The fraction of sp³-hybridized carbons (Fsp3) is 0. The number of hydrogen-bond donors (Lipinski definition) is 0. The monoisotopic (exact) mass is 246 g/mol. The molecule has 0 aliphatic carbocycles. The van der Waals surface area contributed by atoms with E-state index < -0.39 is 0 Å². The molecule has 0 aliphatic rings. The minimum Gasteiger partial charge on any atom is -0.322 e. The fourth-order valence-corrected chi connectivity index (χ4v) is 1.65. The number of benzene rings is 1. The van der Waals surface area contributed by atoms with Gasteiger partial charge in [-0.1, -0.05) is 22.0 Å².